The summed E-state index contributed by atoms with van der Waals surface area (Å²) < 4.78 is 3.60. The van der Waals surface area contributed by atoms with Crippen LogP contribution >= 0.6 is 0 Å². The van der Waals surface area contributed by atoms with E-state index < -0.39 is 0 Å². The van der Waals surface area contributed by atoms with Crippen molar-refractivity contribution in [2.24, 2.45) is 7.05 Å². The van der Waals surface area contributed by atoms with Gasteiger partial charge in [0.25, 0.3) is 5.91 Å². The number of nitrogens with one attached hydrogen (secondary N) is 2. The van der Waals surface area contributed by atoms with Crippen LogP contribution in [0.3, 0.4) is 0 Å². The summed E-state index contributed by atoms with van der Waals surface area (Å²) in [5, 5.41) is 15.2. The number of hydrogen-bond donors (Lipinski definition) is 2. The van der Waals surface area contributed by atoms with Crippen LogP contribution in [0.4, 0.5) is 5.95 Å². The van der Waals surface area contributed by atoms with E-state index in [0.29, 0.717) is 23.5 Å². The van der Waals surface area contributed by atoms with Crippen LogP contribution in [0.25, 0.3) is 0 Å². The molecule has 1 saturated heterocycles. The van der Waals surface area contributed by atoms with Crippen molar-refractivity contribution in [3.63, 3.8) is 0 Å². The molecular weight excluding hydrogens is 330 g/mol. The van der Waals surface area contributed by atoms with E-state index in [1.807, 2.05) is 18.7 Å². The summed E-state index contributed by atoms with van der Waals surface area (Å²) in [6.45, 7) is 8.18. The van der Waals surface area contributed by atoms with Crippen molar-refractivity contribution in [3.05, 3.63) is 23.3 Å². The van der Waals surface area contributed by atoms with E-state index in [9.17, 15) is 4.79 Å². The highest BCUT2D eigenvalue weighted by Crippen LogP contribution is 2.24. The number of hydrogen-bond acceptors (Lipinski definition) is 5. The van der Waals surface area contributed by atoms with Crippen molar-refractivity contribution in [1.82, 2.24) is 29.9 Å². The second-order valence-electron chi connectivity index (χ2n) is 6.95. The zero-order valence-corrected chi connectivity index (χ0v) is 16.1. The molecule has 0 saturated carbocycles. The third kappa shape index (κ3) is 3.65. The van der Waals surface area contributed by atoms with Crippen LogP contribution in [0.15, 0.2) is 6.20 Å². The molecule has 0 aromatic carbocycles. The second-order valence-corrected chi connectivity index (χ2v) is 6.95. The molecule has 0 unspecified atom stereocenters. The number of rotatable bonds is 6. The third-order valence-corrected chi connectivity index (χ3v) is 5.29. The first kappa shape index (κ1) is 18.6. The summed E-state index contributed by atoms with van der Waals surface area (Å²) in [6.07, 6.45) is 5.68. The van der Waals surface area contributed by atoms with Crippen LogP contribution in [0, 0.1) is 6.92 Å². The van der Waals surface area contributed by atoms with Crippen LogP contribution in [0.1, 0.15) is 73.4 Å². The molecule has 2 aromatic rings. The van der Waals surface area contributed by atoms with Gasteiger partial charge < -0.3 is 5.32 Å². The molecule has 1 amide bonds. The molecule has 8 heteroatoms. The summed E-state index contributed by atoms with van der Waals surface area (Å²) in [5.41, 5.74) is 1.47. The summed E-state index contributed by atoms with van der Waals surface area (Å²) in [5.74, 6) is 1.46. The Balaban J connectivity index is 1.75. The van der Waals surface area contributed by atoms with Crippen molar-refractivity contribution >= 4 is 11.9 Å². The maximum Gasteiger partial charge on any atom is 0.261 e. The minimum Gasteiger partial charge on any atom is -0.317 e. The summed E-state index contributed by atoms with van der Waals surface area (Å²) in [7, 11) is 1.81. The van der Waals surface area contributed by atoms with Gasteiger partial charge in [-0.25, -0.2) is 4.68 Å². The first-order valence-corrected chi connectivity index (χ1v) is 9.52. The average molecular weight is 359 g/mol. The molecule has 26 heavy (non-hydrogen) atoms. The molecule has 2 N–H and O–H groups in total. The standard InChI is InChI=1S/C18H29N7O/c1-5-14(6-2)25-12(3)15(11-20-25)17(26)22-18-21-16(23-24(18)4)13-7-9-19-10-8-13/h11,13-14,19H,5-10H2,1-4H3,(H,21,22,23,26). The van der Waals surface area contributed by atoms with Gasteiger partial charge in [0.15, 0.2) is 5.82 Å². The molecule has 1 aliphatic rings. The van der Waals surface area contributed by atoms with Crippen LogP contribution < -0.4 is 10.6 Å². The maximum atomic E-state index is 12.7. The number of amides is 1. The van der Waals surface area contributed by atoms with Gasteiger partial charge in [0.1, 0.15) is 0 Å². The minimum absolute atomic E-state index is 0.188. The van der Waals surface area contributed by atoms with E-state index in [4.69, 9.17) is 0 Å². The van der Waals surface area contributed by atoms with E-state index in [-0.39, 0.29) is 5.91 Å². The van der Waals surface area contributed by atoms with Crippen LogP contribution in [0.5, 0.6) is 0 Å². The highest BCUT2D eigenvalue weighted by molar-refractivity contribution is 6.04. The first-order valence-electron chi connectivity index (χ1n) is 9.52. The number of piperidine rings is 1. The fraction of sp³-hybridized carbons (Fsp3) is 0.667. The fourth-order valence-corrected chi connectivity index (χ4v) is 3.58. The molecule has 0 atom stereocenters. The lowest BCUT2D eigenvalue weighted by molar-refractivity contribution is 0.102. The highest BCUT2D eigenvalue weighted by Gasteiger charge is 2.23. The minimum atomic E-state index is -0.188. The van der Waals surface area contributed by atoms with Gasteiger partial charge >= 0.3 is 0 Å². The Morgan fingerprint density at radius 1 is 1.35 bits per heavy atom. The van der Waals surface area contributed by atoms with Gasteiger partial charge in [-0.15, -0.1) is 0 Å². The van der Waals surface area contributed by atoms with Crippen molar-refractivity contribution < 1.29 is 4.79 Å². The second kappa shape index (κ2) is 7.99. The number of aromatic nitrogens is 5. The predicted molar refractivity (Wildman–Crippen MR) is 100 cm³/mol. The zero-order chi connectivity index (χ0) is 18.7. The molecule has 0 bridgehead atoms. The molecule has 3 heterocycles. The Labute approximate surface area is 154 Å². The van der Waals surface area contributed by atoms with Gasteiger partial charge in [-0.05, 0) is 45.7 Å². The number of anilines is 1. The average Bonchev–Trinajstić information content (AvgIpc) is 3.21. The first-order chi connectivity index (χ1) is 12.5. The zero-order valence-electron chi connectivity index (χ0n) is 16.1. The monoisotopic (exact) mass is 359 g/mol. The van der Waals surface area contributed by atoms with Gasteiger partial charge in [-0.1, -0.05) is 13.8 Å². The largest absolute Gasteiger partial charge is 0.317 e. The van der Waals surface area contributed by atoms with E-state index in [1.165, 1.54) is 0 Å². The van der Waals surface area contributed by atoms with Gasteiger partial charge in [0, 0.05) is 18.7 Å². The number of nitrogens with zero attached hydrogens (tertiary/aromatic N) is 5. The van der Waals surface area contributed by atoms with Crippen LogP contribution in [-0.2, 0) is 7.05 Å². The normalized spacial score (nSPS) is 15.6. The fourth-order valence-electron chi connectivity index (χ4n) is 3.58. The van der Waals surface area contributed by atoms with Crippen molar-refractivity contribution in [3.8, 4) is 0 Å². The molecule has 142 valence electrons. The Bertz CT molecular complexity index is 754. The van der Waals surface area contributed by atoms with E-state index >= 15 is 0 Å². The van der Waals surface area contributed by atoms with E-state index in [1.54, 1.807) is 10.9 Å². The lowest BCUT2D eigenvalue weighted by Gasteiger charge is -2.19. The molecule has 0 radical (unpaired) electrons. The van der Waals surface area contributed by atoms with Crippen molar-refractivity contribution in [1.29, 1.82) is 0 Å². The van der Waals surface area contributed by atoms with E-state index in [2.05, 4.69) is 39.7 Å². The lowest BCUT2D eigenvalue weighted by Crippen LogP contribution is -2.27. The maximum absolute atomic E-state index is 12.7. The van der Waals surface area contributed by atoms with Gasteiger partial charge in [-0.3, -0.25) is 14.8 Å². The van der Waals surface area contributed by atoms with Gasteiger partial charge in [0.2, 0.25) is 5.95 Å². The van der Waals surface area contributed by atoms with Crippen molar-refractivity contribution in [2.75, 3.05) is 18.4 Å². The Hall–Kier alpha value is -2.22. The predicted octanol–water partition coefficient (Wildman–Crippen LogP) is 2.40. The molecule has 0 spiro atoms. The van der Waals surface area contributed by atoms with Crippen molar-refractivity contribution in [2.45, 2.75) is 58.4 Å². The Kier molecular flexibility index (Phi) is 5.70. The SMILES string of the molecule is CCC(CC)n1ncc(C(=O)Nc2nc(C3CCNCC3)nn2C)c1C. The molecule has 0 aliphatic carbocycles. The number of carbonyl (C=O) groups is 1. The number of carbonyl (C=O) groups excluding carboxylic acids is 1. The molecule has 2 aromatic heterocycles. The quantitative estimate of drug-likeness (QED) is 0.827. The van der Waals surface area contributed by atoms with Gasteiger partial charge in [0.05, 0.1) is 17.8 Å². The Morgan fingerprint density at radius 2 is 2.04 bits per heavy atom. The summed E-state index contributed by atoms with van der Waals surface area (Å²) in [6, 6.07) is 0.317. The topological polar surface area (TPSA) is 89.7 Å². The molecule has 3 rings (SSSR count). The number of aryl methyl sites for hydroxylation is 1. The Morgan fingerprint density at radius 3 is 2.69 bits per heavy atom. The third-order valence-electron chi connectivity index (χ3n) is 5.29. The van der Waals surface area contributed by atoms with Crippen LogP contribution in [0.2, 0.25) is 0 Å². The van der Waals surface area contributed by atoms with Gasteiger partial charge in [-0.2, -0.15) is 15.2 Å². The lowest BCUT2D eigenvalue weighted by atomic mass is 9.98. The molecule has 8 nitrogen and oxygen atoms in total. The molecular formula is C18H29N7O. The summed E-state index contributed by atoms with van der Waals surface area (Å²) >= 11 is 0. The highest BCUT2D eigenvalue weighted by atomic mass is 16.1. The smallest absolute Gasteiger partial charge is 0.261 e. The molecule has 1 aliphatic heterocycles. The molecule has 1 fully saturated rings. The van der Waals surface area contributed by atoms with Crippen LogP contribution in [-0.4, -0.2) is 43.5 Å². The van der Waals surface area contributed by atoms with E-state index in [0.717, 1.165) is 50.3 Å². The summed E-state index contributed by atoms with van der Waals surface area (Å²) in [4.78, 5) is 17.3.